The first-order chi connectivity index (χ1) is 9.15. The van der Waals surface area contributed by atoms with E-state index in [9.17, 15) is 13.6 Å². The highest BCUT2D eigenvalue weighted by Crippen LogP contribution is 2.42. The van der Waals surface area contributed by atoms with Gasteiger partial charge in [0.15, 0.2) is 11.5 Å². The Labute approximate surface area is 119 Å². The number of carbonyl (C=O) groups is 1. The smallest absolute Gasteiger partial charge is 0.395 e. The van der Waals surface area contributed by atoms with Crippen LogP contribution in [0.4, 0.5) is 14.5 Å². The third-order valence-corrected chi connectivity index (χ3v) is 3.59. The molecule has 0 aromatic heterocycles. The Morgan fingerprint density at radius 3 is 2.60 bits per heavy atom. The van der Waals surface area contributed by atoms with Gasteiger partial charge in [0.1, 0.15) is 0 Å². The highest BCUT2D eigenvalue weighted by atomic mass is 32.2. The van der Waals surface area contributed by atoms with Crippen LogP contribution in [0.3, 0.4) is 0 Å². The third-order valence-electron chi connectivity index (χ3n) is 2.32. The molecule has 1 N–H and O–H groups in total. The summed E-state index contributed by atoms with van der Waals surface area (Å²) in [6.07, 6.45) is -3.65. The highest BCUT2D eigenvalue weighted by Gasteiger charge is 2.43. The zero-order valence-corrected chi connectivity index (χ0v) is 12.1. The van der Waals surface area contributed by atoms with Gasteiger partial charge in [-0.3, -0.25) is 4.79 Å². The standard InChI is InChI=1S/C13H15F2NO3S/c1-12(2,3)20-7-11(17)16-8-4-5-9-10(6-8)19-13(14,15)18-9/h4-6H,7H2,1-3H3,(H,16,17). The average molecular weight is 303 g/mol. The Balaban J connectivity index is 1.97. The Morgan fingerprint density at radius 2 is 1.95 bits per heavy atom. The van der Waals surface area contributed by atoms with Gasteiger partial charge in [0, 0.05) is 16.5 Å². The second-order valence-electron chi connectivity index (χ2n) is 5.28. The van der Waals surface area contributed by atoms with Crippen LogP contribution in [0.1, 0.15) is 20.8 Å². The Hall–Kier alpha value is -1.50. The molecule has 0 aliphatic carbocycles. The van der Waals surface area contributed by atoms with Crippen molar-refractivity contribution in [3.63, 3.8) is 0 Å². The Bertz CT molecular complexity index is 529. The van der Waals surface area contributed by atoms with Crippen molar-refractivity contribution in [1.82, 2.24) is 0 Å². The minimum atomic E-state index is -3.65. The SMILES string of the molecule is CC(C)(C)SCC(=O)Nc1ccc2c(c1)OC(F)(F)O2. The van der Waals surface area contributed by atoms with E-state index in [0.29, 0.717) is 5.69 Å². The van der Waals surface area contributed by atoms with E-state index < -0.39 is 6.29 Å². The van der Waals surface area contributed by atoms with Gasteiger partial charge in [0.2, 0.25) is 5.91 Å². The van der Waals surface area contributed by atoms with Gasteiger partial charge < -0.3 is 14.8 Å². The second kappa shape index (κ2) is 5.12. The van der Waals surface area contributed by atoms with Crippen LogP contribution in [0.25, 0.3) is 0 Å². The van der Waals surface area contributed by atoms with E-state index in [1.165, 1.54) is 30.0 Å². The van der Waals surface area contributed by atoms with Crippen molar-refractivity contribution in [2.24, 2.45) is 0 Å². The lowest BCUT2D eigenvalue weighted by Gasteiger charge is -2.17. The number of amides is 1. The number of hydrogen-bond acceptors (Lipinski definition) is 4. The summed E-state index contributed by atoms with van der Waals surface area (Å²) in [5, 5.41) is 2.63. The number of ether oxygens (including phenoxy) is 2. The molecule has 1 aliphatic heterocycles. The largest absolute Gasteiger partial charge is 0.586 e. The summed E-state index contributed by atoms with van der Waals surface area (Å²) in [6.45, 7) is 6.02. The zero-order chi connectivity index (χ0) is 15.0. The second-order valence-corrected chi connectivity index (χ2v) is 7.08. The highest BCUT2D eigenvalue weighted by molar-refractivity contribution is 8.01. The number of alkyl halides is 2. The van der Waals surface area contributed by atoms with Gasteiger partial charge in [0.05, 0.1) is 5.75 Å². The van der Waals surface area contributed by atoms with Gasteiger partial charge in [-0.15, -0.1) is 20.5 Å². The van der Waals surface area contributed by atoms with E-state index in [-0.39, 0.29) is 27.9 Å². The third kappa shape index (κ3) is 4.00. The zero-order valence-electron chi connectivity index (χ0n) is 11.3. The molecule has 1 heterocycles. The summed E-state index contributed by atoms with van der Waals surface area (Å²) < 4.78 is 34.3. The molecule has 0 unspecified atom stereocenters. The summed E-state index contributed by atoms with van der Waals surface area (Å²) in [6, 6.07) is 4.14. The van der Waals surface area contributed by atoms with Crippen LogP contribution in [0.5, 0.6) is 11.5 Å². The van der Waals surface area contributed by atoms with Gasteiger partial charge in [-0.2, -0.15) is 0 Å². The van der Waals surface area contributed by atoms with Crippen molar-refractivity contribution in [2.75, 3.05) is 11.1 Å². The monoisotopic (exact) mass is 303 g/mol. The maximum absolute atomic E-state index is 12.8. The molecule has 0 saturated heterocycles. The molecular formula is C13H15F2NO3S. The minimum Gasteiger partial charge on any atom is -0.395 e. The molecule has 7 heteroatoms. The van der Waals surface area contributed by atoms with Crippen LogP contribution in [0.15, 0.2) is 18.2 Å². The number of anilines is 1. The van der Waals surface area contributed by atoms with Crippen molar-refractivity contribution in [3.8, 4) is 11.5 Å². The quantitative estimate of drug-likeness (QED) is 0.928. The number of thioether (sulfide) groups is 1. The van der Waals surface area contributed by atoms with Crippen LogP contribution in [0.2, 0.25) is 0 Å². The molecule has 1 amide bonds. The summed E-state index contributed by atoms with van der Waals surface area (Å²) in [7, 11) is 0. The van der Waals surface area contributed by atoms with Gasteiger partial charge in [0.25, 0.3) is 0 Å². The molecule has 20 heavy (non-hydrogen) atoms. The topological polar surface area (TPSA) is 47.6 Å². The number of rotatable bonds is 3. The van der Waals surface area contributed by atoms with E-state index in [2.05, 4.69) is 14.8 Å². The van der Waals surface area contributed by atoms with Crippen molar-refractivity contribution in [2.45, 2.75) is 31.8 Å². The number of fused-ring (bicyclic) bond motifs is 1. The normalized spacial score (nSPS) is 16.1. The van der Waals surface area contributed by atoms with E-state index in [4.69, 9.17) is 0 Å². The molecule has 0 fully saturated rings. The van der Waals surface area contributed by atoms with Crippen LogP contribution in [-0.4, -0.2) is 22.7 Å². The predicted molar refractivity (Wildman–Crippen MR) is 73.5 cm³/mol. The molecule has 110 valence electrons. The molecule has 1 aromatic rings. The van der Waals surface area contributed by atoms with Crippen molar-refractivity contribution in [1.29, 1.82) is 0 Å². The summed E-state index contributed by atoms with van der Waals surface area (Å²) in [4.78, 5) is 11.7. The maximum atomic E-state index is 12.8. The first-order valence-electron chi connectivity index (χ1n) is 5.98. The van der Waals surface area contributed by atoms with Crippen molar-refractivity contribution >= 4 is 23.4 Å². The Kier molecular flexibility index (Phi) is 3.82. The Morgan fingerprint density at radius 1 is 1.30 bits per heavy atom. The molecule has 0 bridgehead atoms. The first kappa shape index (κ1) is 14.9. The van der Waals surface area contributed by atoms with Gasteiger partial charge >= 0.3 is 6.29 Å². The van der Waals surface area contributed by atoms with Crippen LogP contribution >= 0.6 is 11.8 Å². The fraction of sp³-hybridized carbons (Fsp3) is 0.462. The van der Waals surface area contributed by atoms with Crippen LogP contribution in [0, 0.1) is 0 Å². The number of nitrogens with one attached hydrogen (secondary N) is 1. The number of benzene rings is 1. The number of carbonyl (C=O) groups excluding carboxylic acids is 1. The molecule has 4 nitrogen and oxygen atoms in total. The molecule has 0 atom stereocenters. The van der Waals surface area contributed by atoms with E-state index in [1.807, 2.05) is 20.8 Å². The fourth-order valence-electron chi connectivity index (χ4n) is 1.51. The summed E-state index contributed by atoms with van der Waals surface area (Å²) >= 11 is 1.50. The van der Waals surface area contributed by atoms with Crippen LogP contribution < -0.4 is 14.8 Å². The van der Waals surface area contributed by atoms with E-state index in [1.54, 1.807) is 0 Å². The maximum Gasteiger partial charge on any atom is 0.586 e. The van der Waals surface area contributed by atoms with E-state index >= 15 is 0 Å². The molecule has 0 radical (unpaired) electrons. The lowest BCUT2D eigenvalue weighted by atomic mass is 10.3. The lowest BCUT2D eigenvalue weighted by Crippen LogP contribution is -2.25. The first-order valence-corrected chi connectivity index (χ1v) is 6.97. The average Bonchev–Trinajstić information content (AvgIpc) is 2.59. The van der Waals surface area contributed by atoms with Gasteiger partial charge in [-0.25, -0.2) is 0 Å². The number of halogens is 2. The molecule has 1 aromatic carbocycles. The molecule has 0 saturated carbocycles. The lowest BCUT2D eigenvalue weighted by molar-refractivity contribution is -0.286. The van der Waals surface area contributed by atoms with Gasteiger partial charge in [-0.05, 0) is 12.1 Å². The summed E-state index contributed by atoms with van der Waals surface area (Å²) in [5.74, 6) is -0.0439. The summed E-state index contributed by atoms with van der Waals surface area (Å²) in [5.41, 5.74) is 0.393. The molecular weight excluding hydrogens is 288 g/mol. The molecule has 2 rings (SSSR count). The van der Waals surface area contributed by atoms with Crippen LogP contribution in [-0.2, 0) is 4.79 Å². The van der Waals surface area contributed by atoms with Gasteiger partial charge in [-0.1, -0.05) is 20.8 Å². The molecule has 0 spiro atoms. The van der Waals surface area contributed by atoms with Crippen molar-refractivity contribution in [3.05, 3.63) is 18.2 Å². The minimum absolute atomic E-state index is 0.0196. The molecule has 1 aliphatic rings. The fourth-order valence-corrected chi connectivity index (χ4v) is 2.14. The number of hydrogen-bond donors (Lipinski definition) is 1. The van der Waals surface area contributed by atoms with E-state index in [0.717, 1.165) is 0 Å². The van der Waals surface area contributed by atoms with Crippen molar-refractivity contribution < 1.29 is 23.0 Å². The predicted octanol–water partition coefficient (Wildman–Crippen LogP) is 3.48.